The van der Waals surface area contributed by atoms with Gasteiger partial charge in [0.2, 0.25) is 0 Å². The molecule has 1 nitrogen and oxygen atoms in total. The van der Waals surface area contributed by atoms with Crippen LogP contribution in [0, 0.1) is 0 Å². The number of rotatable bonds is 5. The van der Waals surface area contributed by atoms with Gasteiger partial charge in [0.25, 0.3) is 0 Å². The standard InChI is InChI=1S/C10H18OS/c1-2-3-4-6-9(11)10-7-5-8-12-10/h10H,2-8H2,1H3. The highest BCUT2D eigenvalue weighted by Gasteiger charge is 2.22. The van der Waals surface area contributed by atoms with Crippen molar-refractivity contribution in [3.8, 4) is 0 Å². The van der Waals surface area contributed by atoms with Gasteiger partial charge in [-0.15, -0.1) is 0 Å². The molecule has 0 saturated carbocycles. The number of ketones is 1. The molecule has 0 aromatic rings. The number of thioether (sulfide) groups is 1. The van der Waals surface area contributed by atoms with Crippen LogP contribution in [0.1, 0.15) is 45.4 Å². The summed E-state index contributed by atoms with van der Waals surface area (Å²) in [4.78, 5) is 11.5. The Labute approximate surface area is 79.3 Å². The van der Waals surface area contributed by atoms with Gasteiger partial charge in [-0.1, -0.05) is 19.8 Å². The van der Waals surface area contributed by atoms with E-state index >= 15 is 0 Å². The van der Waals surface area contributed by atoms with Crippen LogP contribution in [0.5, 0.6) is 0 Å². The maximum atomic E-state index is 11.5. The minimum Gasteiger partial charge on any atom is -0.298 e. The third-order valence-corrected chi connectivity index (χ3v) is 3.74. The van der Waals surface area contributed by atoms with E-state index in [-0.39, 0.29) is 0 Å². The fraction of sp³-hybridized carbons (Fsp3) is 0.900. The van der Waals surface area contributed by atoms with Crippen molar-refractivity contribution < 1.29 is 4.79 Å². The summed E-state index contributed by atoms with van der Waals surface area (Å²) in [6.07, 6.45) is 6.73. The summed E-state index contributed by atoms with van der Waals surface area (Å²) in [5, 5.41) is 0.363. The second-order valence-electron chi connectivity index (χ2n) is 3.43. The third kappa shape index (κ3) is 3.18. The number of hydrogen-bond acceptors (Lipinski definition) is 2. The Morgan fingerprint density at radius 1 is 1.50 bits per heavy atom. The van der Waals surface area contributed by atoms with Crippen molar-refractivity contribution in [3.63, 3.8) is 0 Å². The molecule has 1 rings (SSSR count). The minimum absolute atomic E-state index is 0.363. The molecule has 0 radical (unpaired) electrons. The van der Waals surface area contributed by atoms with Crippen molar-refractivity contribution in [3.05, 3.63) is 0 Å². The normalized spacial score (nSPS) is 22.9. The van der Waals surface area contributed by atoms with Crippen molar-refractivity contribution >= 4 is 17.5 Å². The van der Waals surface area contributed by atoms with E-state index in [1.807, 2.05) is 11.8 Å². The molecule has 1 atom stereocenters. The second kappa shape index (κ2) is 5.63. The Bertz CT molecular complexity index is 139. The first-order chi connectivity index (χ1) is 5.84. The largest absolute Gasteiger partial charge is 0.298 e. The Hall–Kier alpha value is 0.0200. The summed E-state index contributed by atoms with van der Waals surface area (Å²) in [6, 6.07) is 0. The smallest absolute Gasteiger partial charge is 0.145 e. The van der Waals surface area contributed by atoms with Gasteiger partial charge in [0.05, 0.1) is 5.25 Å². The lowest BCUT2D eigenvalue weighted by atomic mass is 10.1. The van der Waals surface area contributed by atoms with Gasteiger partial charge >= 0.3 is 0 Å². The van der Waals surface area contributed by atoms with Gasteiger partial charge in [0, 0.05) is 6.42 Å². The topological polar surface area (TPSA) is 17.1 Å². The van der Waals surface area contributed by atoms with Crippen molar-refractivity contribution in [2.24, 2.45) is 0 Å². The van der Waals surface area contributed by atoms with Gasteiger partial charge in [-0.25, -0.2) is 0 Å². The zero-order valence-corrected chi connectivity index (χ0v) is 8.66. The van der Waals surface area contributed by atoms with Gasteiger partial charge in [-0.3, -0.25) is 4.79 Å². The van der Waals surface area contributed by atoms with Gasteiger partial charge in [0.1, 0.15) is 5.78 Å². The number of Topliss-reactive ketones (excluding diaryl/α,β-unsaturated/α-hetero) is 1. The third-order valence-electron chi connectivity index (χ3n) is 2.32. The van der Waals surface area contributed by atoms with E-state index in [0.717, 1.165) is 19.3 Å². The molecule has 1 unspecified atom stereocenters. The van der Waals surface area contributed by atoms with Crippen molar-refractivity contribution in [2.45, 2.75) is 50.7 Å². The maximum absolute atomic E-state index is 11.5. The molecule has 0 amide bonds. The fourth-order valence-electron chi connectivity index (χ4n) is 1.54. The van der Waals surface area contributed by atoms with Crippen molar-refractivity contribution in [1.29, 1.82) is 0 Å². The summed E-state index contributed by atoms with van der Waals surface area (Å²) < 4.78 is 0. The number of hydrogen-bond donors (Lipinski definition) is 0. The van der Waals surface area contributed by atoms with E-state index in [0.29, 0.717) is 11.0 Å². The lowest BCUT2D eigenvalue weighted by Crippen LogP contribution is -2.13. The molecule has 70 valence electrons. The molecule has 0 spiro atoms. The molecule has 1 saturated heterocycles. The van der Waals surface area contributed by atoms with Gasteiger partial charge in [-0.05, 0) is 25.0 Å². The quantitative estimate of drug-likeness (QED) is 0.614. The highest BCUT2D eigenvalue weighted by Crippen LogP contribution is 2.28. The Morgan fingerprint density at radius 2 is 2.33 bits per heavy atom. The van der Waals surface area contributed by atoms with Crippen LogP contribution in [0.2, 0.25) is 0 Å². The highest BCUT2D eigenvalue weighted by molar-refractivity contribution is 8.00. The van der Waals surface area contributed by atoms with Gasteiger partial charge in [-0.2, -0.15) is 11.8 Å². The van der Waals surface area contributed by atoms with Crippen LogP contribution < -0.4 is 0 Å². The maximum Gasteiger partial charge on any atom is 0.145 e. The molecule has 1 aliphatic heterocycles. The lowest BCUT2D eigenvalue weighted by molar-refractivity contribution is -0.118. The van der Waals surface area contributed by atoms with E-state index < -0.39 is 0 Å². The highest BCUT2D eigenvalue weighted by atomic mass is 32.2. The lowest BCUT2D eigenvalue weighted by Gasteiger charge is -2.05. The molecular formula is C10H18OS. The molecule has 0 aromatic carbocycles. The van der Waals surface area contributed by atoms with Crippen molar-refractivity contribution in [1.82, 2.24) is 0 Å². The van der Waals surface area contributed by atoms with Gasteiger partial charge in [0.15, 0.2) is 0 Å². The predicted molar refractivity (Wildman–Crippen MR) is 54.6 cm³/mol. The van der Waals surface area contributed by atoms with Crippen LogP contribution in [0.3, 0.4) is 0 Å². The Morgan fingerprint density at radius 3 is 2.92 bits per heavy atom. The second-order valence-corrected chi connectivity index (χ2v) is 4.74. The number of carbonyl (C=O) groups excluding carboxylic acids is 1. The molecule has 0 aromatic heterocycles. The summed E-state index contributed by atoms with van der Waals surface area (Å²) >= 11 is 1.86. The van der Waals surface area contributed by atoms with E-state index in [1.165, 1.54) is 25.0 Å². The molecule has 1 fully saturated rings. The van der Waals surface area contributed by atoms with Crippen LogP contribution in [-0.4, -0.2) is 16.8 Å². The zero-order valence-electron chi connectivity index (χ0n) is 7.84. The number of unbranched alkanes of at least 4 members (excludes halogenated alkanes) is 2. The van der Waals surface area contributed by atoms with Crippen LogP contribution >= 0.6 is 11.8 Å². The Kier molecular flexibility index (Phi) is 4.74. The molecule has 2 heteroatoms. The van der Waals surface area contributed by atoms with E-state index in [1.54, 1.807) is 0 Å². The SMILES string of the molecule is CCCCCC(=O)C1CCCS1. The molecule has 0 aliphatic carbocycles. The fourth-order valence-corrected chi connectivity index (χ4v) is 2.80. The van der Waals surface area contributed by atoms with Crippen LogP contribution in [0.15, 0.2) is 0 Å². The molecule has 1 heterocycles. The first kappa shape index (κ1) is 10.1. The monoisotopic (exact) mass is 186 g/mol. The van der Waals surface area contributed by atoms with Crippen LogP contribution in [0.25, 0.3) is 0 Å². The summed E-state index contributed by atoms with van der Waals surface area (Å²) in [7, 11) is 0. The van der Waals surface area contributed by atoms with Crippen LogP contribution in [-0.2, 0) is 4.79 Å². The summed E-state index contributed by atoms with van der Waals surface area (Å²) in [5.41, 5.74) is 0. The first-order valence-electron chi connectivity index (χ1n) is 4.99. The summed E-state index contributed by atoms with van der Waals surface area (Å²) in [5.74, 6) is 1.70. The number of carbonyl (C=O) groups is 1. The average molecular weight is 186 g/mol. The predicted octanol–water partition coefficient (Wildman–Crippen LogP) is 3.03. The molecular weight excluding hydrogens is 168 g/mol. The van der Waals surface area contributed by atoms with E-state index in [9.17, 15) is 4.79 Å². The zero-order chi connectivity index (χ0) is 8.81. The van der Waals surface area contributed by atoms with E-state index in [2.05, 4.69) is 6.92 Å². The van der Waals surface area contributed by atoms with Gasteiger partial charge < -0.3 is 0 Å². The molecule has 12 heavy (non-hydrogen) atoms. The van der Waals surface area contributed by atoms with Crippen molar-refractivity contribution in [2.75, 3.05) is 5.75 Å². The average Bonchev–Trinajstić information content (AvgIpc) is 2.56. The Balaban J connectivity index is 2.10. The molecule has 0 bridgehead atoms. The minimum atomic E-state index is 0.363. The summed E-state index contributed by atoms with van der Waals surface area (Å²) in [6.45, 7) is 2.18. The molecule has 1 aliphatic rings. The van der Waals surface area contributed by atoms with Crippen LogP contribution in [0.4, 0.5) is 0 Å². The molecule has 0 N–H and O–H groups in total. The first-order valence-corrected chi connectivity index (χ1v) is 6.03. The van der Waals surface area contributed by atoms with E-state index in [4.69, 9.17) is 0 Å².